The first-order chi connectivity index (χ1) is 7.75. The van der Waals surface area contributed by atoms with Crippen LogP contribution in [-0.2, 0) is 12.8 Å². The van der Waals surface area contributed by atoms with Crippen LogP contribution in [0.3, 0.4) is 0 Å². The van der Waals surface area contributed by atoms with Gasteiger partial charge in [0.15, 0.2) is 0 Å². The quantitative estimate of drug-likeness (QED) is 0.657. The number of anilines is 2. The first-order valence-corrected chi connectivity index (χ1v) is 6.34. The third-order valence-corrected chi connectivity index (χ3v) is 3.98. The zero-order valence-corrected chi connectivity index (χ0v) is 10.3. The van der Waals surface area contributed by atoms with E-state index in [0.717, 1.165) is 0 Å². The Morgan fingerprint density at radius 3 is 1.69 bits per heavy atom. The molecule has 0 N–H and O–H groups in total. The van der Waals surface area contributed by atoms with Gasteiger partial charge in [-0.3, -0.25) is 0 Å². The fraction of sp³-hybridized carbons (Fsp3) is 0.571. The van der Waals surface area contributed by atoms with Gasteiger partial charge >= 0.3 is 0 Å². The summed E-state index contributed by atoms with van der Waals surface area (Å²) in [6.07, 6.45) is 5.10. The van der Waals surface area contributed by atoms with Gasteiger partial charge in [0.05, 0.1) is 0 Å². The third-order valence-electron chi connectivity index (χ3n) is 3.98. The van der Waals surface area contributed by atoms with Gasteiger partial charge in [0.25, 0.3) is 0 Å². The second-order valence-corrected chi connectivity index (χ2v) is 5.16. The summed E-state index contributed by atoms with van der Waals surface area (Å²) in [7, 11) is 4.44. The SMILES string of the molecule is CN1CCCc2cc3c(cc21)CCCN3C. The first-order valence-electron chi connectivity index (χ1n) is 6.34. The summed E-state index contributed by atoms with van der Waals surface area (Å²) in [5.74, 6) is 0. The first kappa shape index (κ1) is 10.0. The van der Waals surface area contributed by atoms with Gasteiger partial charge in [-0.1, -0.05) is 0 Å². The highest BCUT2D eigenvalue weighted by atomic mass is 15.1. The Balaban J connectivity index is 2.10. The lowest BCUT2D eigenvalue weighted by atomic mass is 9.94. The fourth-order valence-corrected chi connectivity index (χ4v) is 3.03. The highest BCUT2D eigenvalue weighted by molar-refractivity contribution is 5.67. The van der Waals surface area contributed by atoms with Crippen LogP contribution in [0.25, 0.3) is 0 Å². The second-order valence-electron chi connectivity index (χ2n) is 5.16. The molecule has 16 heavy (non-hydrogen) atoms. The lowest BCUT2D eigenvalue weighted by Crippen LogP contribution is -2.28. The molecule has 0 aromatic heterocycles. The van der Waals surface area contributed by atoms with Crippen molar-refractivity contribution in [3.05, 3.63) is 23.3 Å². The molecular weight excluding hydrogens is 196 g/mol. The maximum Gasteiger partial charge on any atom is 0.0400 e. The van der Waals surface area contributed by atoms with E-state index in [9.17, 15) is 0 Å². The predicted octanol–water partition coefficient (Wildman–Crippen LogP) is 2.45. The molecule has 0 fully saturated rings. The van der Waals surface area contributed by atoms with Gasteiger partial charge < -0.3 is 9.80 Å². The number of rotatable bonds is 0. The Labute approximate surface area is 97.9 Å². The van der Waals surface area contributed by atoms with E-state index in [1.54, 1.807) is 11.1 Å². The highest BCUT2D eigenvalue weighted by Gasteiger charge is 2.20. The molecule has 0 atom stereocenters. The molecule has 0 saturated carbocycles. The van der Waals surface area contributed by atoms with Crippen LogP contribution in [0, 0.1) is 0 Å². The largest absolute Gasteiger partial charge is 0.374 e. The molecule has 0 unspecified atom stereocenters. The van der Waals surface area contributed by atoms with Gasteiger partial charge in [0, 0.05) is 38.6 Å². The van der Waals surface area contributed by atoms with Crippen molar-refractivity contribution < 1.29 is 0 Å². The van der Waals surface area contributed by atoms with Crippen molar-refractivity contribution >= 4 is 11.4 Å². The zero-order valence-electron chi connectivity index (χ0n) is 10.3. The topological polar surface area (TPSA) is 6.48 Å². The van der Waals surface area contributed by atoms with Crippen molar-refractivity contribution in [2.45, 2.75) is 25.7 Å². The molecule has 0 spiro atoms. The Hall–Kier alpha value is -1.18. The van der Waals surface area contributed by atoms with Crippen molar-refractivity contribution in [2.24, 2.45) is 0 Å². The summed E-state index contributed by atoms with van der Waals surface area (Å²) >= 11 is 0. The summed E-state index contributed by atoms with van der Waals surface area (Å²) in [4.78, 5) is 4.82. The van der Waals surface area contributed by atoms with E-state index < -0.39 is 0 Å². The standard InChI is InChI=1S/C14H20N2/c1-15-7-3-5-11-10-14-12(9-13(11)15)6-4-8-16(14)2/h9-10H,3-8H2,1-2H3. The number of hydrogen-bond acceptors (Lipinski definition) is 2. The summed E-state index contributed by atoms with van der Waals surface area (Å²) < 4.78 is 0. The van der Waals surface area contributed by atoms with Crippen LogP contribution < -0.4 is 9.80 Å². The lowest BCUT2D eigenvalue weighted by molar-refractivity contribution is 0.721. The molecule has 0 radical (unpaired) electrons. The fourth-order valence-electron chi connectivity index (χ4n) is 3.03. The molecule has 86 valence electrons. The number of benzene rings is 1. The molecule has 2 nitrogen and oxygen atoms in total. The molecule has 2 heteroatoms. The highest BCUT2D eigenvalue weighted by Crippen LogP contribution is 2.35. The van der Waals surface area contributed by atoms with Crippen LogP contribution in [0.1, 0.15) is 24.0 Å². The van der Waals surface area contributed by atoms with E-state index in [1.165, 1.54) is 50.1 Å². The van der Waals surface area contributed by atoms with E-state index in [1.807, 2.05) is 0 Å². The molecule has 2 aliphatic rings. The minimum absolute atomic E-state index is 1.21. The van der Waals surface area contributed by atoms with Gasteiger partial charge in [-0.05, 0) is 48.9 Å². The molecular formula is C14H20N2. The summed E-state index contributed by atoms with van der Waals surface area (Å²) in [6.45, 7) is 2.42. The van der Waals surface area contributed by atoms with Crippen LogP contribution in [-0.4, -0.2) is 27.2 Å². The van der Waals surface area contributed by atoms with Crippen LogP contribution in [0.4, 0.5) is 11.4 Å². The second kappa shape index (κ2) is 3.69. The van der Waals surface area contributed by atoms with Crippen molar-refractivity contribution in [3.8, 4) is 0 Å². The molecule has 0 amide bonds. The third kappa shape index (κ3) is 1.48. The molecule has 1 aromatic carbocycles. The number of hydrogen-bond donors (Lipinski definition) is 0. The van der Waals surface area contributed by atoms with Gasteiger partial charge in [-0.25, -0.2) is 0 Å². The summed E-state index contributed by atoms with van der Waals surface area (Å²) in [5.41, 5.74) is 6.03. The number of fused-ring (bicyclic) bond motifs is 2. The normalized spacial score (nSPS) is 19.4. The Bertz CT molecular complexity index is 372. The van der Waals surface area contributed by atoms with Crippen molar-refractivity contribution in [1.82, 2.24) is 0 Å². The van der Waals surface area contributed by atoms with Crippen LogP contribution >= 0.6 is 0 Å². The van der Waals surface area contributed by atoms with Crippen LogP contribution in [0.5, 0.6) is 0 Å². The average Bonchev–Trinajstić information content (AvgIpc) is 2.29. The molecule has 1 aromatic rings. The molecule has 3 rings (SSSR count). The number of nitrogens with zero attached hydrogens (tertiary/aromatic N) is 2. The zero-order chi connectivity index (χ0) is 11.1. The van der Waals surface area contributed by atoms with Crippen molar-refractivity contribution in [3.63, 3.8) is 0 Å². The minimum Gasteiger partial charge on any atom is -0.374 e. The van der Waals surface area contributed by atoms with E-state index in [4.69, 9.17) is 0 Å². The molecule has 2 heterocycles. The summed E-state index contributed by atoms with van der Waals surface area (Å²) in [6, 6.07) is 4.86. The van der Waals surface area contributed by atoms with Crippen LogP contribution in [0.2, 0.25) is 0 Å². The molecule has 0 saturated heterocycles. The maximum atomic E-state index is 2.43. The summed E-state index contributed by atoms with van der Waals surface area (Å²) in [5, 5.41) is 0. The van der Waals surface area contributed by atoms with E-state index in [2.05, 4.69) is 36.0 Å². The lowest BCUT2D eigenvalue weighted by Gasteiger charge is -2.33. The number of aryl methyl sites for hydroxylation is 2. The van der Waals surface area contributed by atoms with Crippen molar-refractivity contribution in [1.29, 1.82) is 0 Å². The Kier molecular flexibility index (Phi) is 2.31. The predicted molar refractivity (Wildman–Crippen MR) is 69.6 cm³/mol. The molecule has 0 bridgehead atoms. The van der Waals surface area contributed by atoms with E-state index in [0.29, 0.717) is 0 Å². The molecule has 2 aliphatic heterocycles. The average molecular weight is 216 g/mol. The van der Waals surface area contributed by atoms with Gasteiger partial charge in [-0.15, -0.1) is 0 Å². The van der Waals surface area contributed by atoms with Crippen molar-refractivity contribution in [2.75, 3.05) is 37.0 Å². The Morgan fingerprint density at radius 1 is 0.812 bits per heavy atom. The smallest absolute Gasteiger partial charge is 0.0400 e. The van der Waals surface area contributed by atoms with Gasteiger partial charge in [-0.2, -0.15) is 0 Å². The van der Waals surface area contributed by atoms with Gasteiger partial charge in [0.1, 0.15) is 0 Å². The Morgan fingerprint density at radius 2 is 1.25 bits per heavy atom. The van der Waals surface area contributed by atoms with Gasteiger partial charge in [0.2, 0.25) is 0 Å². The van der Waals surface area contributed by atoms with E-state index >= 15 is 0 Å². The van der Waals surface area contributed by atoms with Crippen LogP contribution in [0.15, 0.2) is 12.1 Å². The van der Waals surface area contributed by atoms with E-state index in [-0.39, 0.29) is 0 Å². The minimum atomic E-state index is 1.21. The molecule has 0 aliphatic carbocycles. The monoisotopic (exact) mass is 216 g/mol. The maximum absolute atomic E-state index is 2.43.